The van der Waals surface area contributed by atoms with Crippen LogP contribution in [0.5, 0.6) is 11.5 Å². The van der Waals surface area contributed by atoms with Gasteiger partial charge >= 0.3 is 12.2 Å². The topological polar surface area (TPSA) is 106 Å². The third-order valence-electron chi connectivity index (χ3n) is 7.25. The van der Waals surface area contributed by atoms with Crippen molar-refractivity contribution in [2.24, 2.45) is 5.92 Å². The number of likely N-dealkylation sites (tertiary alicyclic amines) is 1. The molecular weight excluding hydrogens is 572 g/mol. The Kier molecular flexibility index (Phi) is 10.4. The number of ether oxygens (including phenoxy) is 3. The number of hydrogen-bond donors (Lipinski definition) is 1. The number of rotatable bonds is 7. The maximum Gasteiger partial charge on any atom is 0.422 e. The molecule has 0 saturated carbocycles. The van der Waals surface area contributed by atoms with Crippen LogP contribution in [0, 0.1) is 5.92 Å². The molecule has 0 unspecified atom stereocenters. The van der Waals surface area contributed by atoms with E-state index in [4.69, 9.17) is 14.2 Å². The van der Waals surface area contributed by atoms with Crippen molar-refractivity contribution in [3.63, 3.8) is 0 Å². The lowest BCUT2D eigenvalue weighted by atomic mass is 9.94. The summed E-state index contributed by atoms with van der Waals surface area (Å²) in [6, 6.07) is 21.1. The van der Waals surface area contributed by atoms with E-state index in [1.165, 1.54) is 12.1 Å². The Morgan fingerprint density at radius 1 is 0.822 bits per heavy atom. The lowest BCUT2D eigenvalue weighted by Crippen LogP contribution is -2.41. The number of carbonyl (C=O) groups is 3. The van der Waals surface area contributed by atoms with Gasteiger partial charge in [-0.05, 0) is 108 Å². The normalized spacial score (nSPS) is 14.0. The van der Waals surface area contributed by atoms with E-state index in [-0.39, 0.29) is 17.4 Å². The van der Waals surface area contributed by atoms with Gasteiger partial charge in [0.25, 0.3) is 5.91 Å². The molecule has 0 aliphatic carbocycles. The first-order chi connectivity index (χ1) is 21.2. The zero-order valence-corrected chi connectivity index (χ0v) is 27.0. The van der Waals surface area contributed by atoms with Gasteiger partial charge in [0.05, 0.1) is 17.9 Å². The van der Waals surface area contributed by atoms with Crippen LogP contribution < -0.4 is 9.64 Å². The molecule has 3 aromatic carbocycles. The van der Waals surface area contributed by atoms with Gasteiger partial charge in [0.15, 0.2) is 0 Å². The summed E-state index contributed by atoms with van der Waals surface area (Å²) in [4.78, 5) is 42.4. The molecule has 9 heteroatoms. The lowest BCUT2D eigenvalue weighted by molar-refractivity contribution is 0.0176. The van der Waals surface area contributed by atoms with Crippen LogP contribution in [-0.4, -0.2) is 59.0 Å². The van der Waals surface area contributed by atoms with Crippen LogP contribution in [0.3, 0.4) is 0 Å². The fourth-order valence-electron chi connectivity index (χ4n) is 5.04. The monoisotopic (exact) mass is 616 g/mol. The second-order valence-corrected chi connectivity index (χ2v) is 13.3. The molecule has 1 aliphatic heterocycles. The fourth-order valence-corrected chi connectivity index (χ4v) is 5.04. The van der Waals surface area contributed by atoms with E-state index >= 15 is 0 Å². The summed E-state index contributed by atoms with van der Waals surface area (Å²) in [7, 11) is 0. The van der Waals surface area contributed by atoms with E-state index in [0.29, 0.717) is 37.1 Å². The molecule has 1 heterocycles. The van der Waals surface area contributed by atoms with E-state index in [2.05, 4.69) is 0 Å². The van der Waals surface area contributed by atoms with E-state index in [1.54, 1.807) is 49.9 Å². The molecule has 1 saturated heterocycles. The molecule has 0 spiro atoms. The molecule has 0 bridgehead atoms. The molecule has 0 aromatic heterocycles. The second-order valence-electron chi connectivity index (χ2n) is 13.3. The third-order valence-corrected chi connectivity index (χ3v) is 7.25. The Morgan fingerprint density at radius 2 is 1.47 bits per heavy atom. The first-order valence-corrected chi connectivity index (χ1v) is 15.4. The van der Waals surface area contributed by atoms with Gasteiger partial charge < -0.3 is 24.2 Å². The molecular formula is C36H44N2O7. The molecule has 1 fully saturated rings. The molecule has 240 valence electrons. The largest absolute Gasteiger partial charge is 0.507 e. The van der Waals surface area contributed by atoms with Gasteiger partial charge in [-0.15, -0.1) is 0 Å². The van der Waals surface area contributed by atoms with Gasteiger partial charge in [-0.1, -0.05) is 42.5 Å². The van der Waals surface area contributed by atoms with Crippen LogP contribution >= 0.6 is 0 Å². The Labute approximate surface area is 265 Å². The average molecular weight is 617 g/mol. The van der Waals surface area contributed by atoms with Crippen molar-refractivity contribution in [1.29, 1.82) is 0 Å². The Morgan fingerprint density at radius 3 is 2.11 bits per heavy atom. The third kappa shape index (κ3) is 9.48. The zero-order chi connectivity index (χ0) is 32.8. The second kappa shape index (κ2) is 14.1. The van der Waals surface area contributed by atoms with Gasteiger partial charge in [0, 0.05) is 13.1 Å². The minimum Gasteiger partial charge on any atom is -0.507 e. The number of hydrogen-bond acceptors (Lipinski definition) is 7. The molecule has 0 atom stereocenters. The molecule has 45 heavy (non-hydrogen) atoms. The Balaban J connectivity index is 1.47. The van der Waals surface area contributed by atoms with Crippen molar-refractivity contribution in [1.82, 2.24) is 4.90 Å². The summed E-state index contributed by atoms with van der Waals surface area (Å²) >= 11 is 0. The number of aromatic hydroxyl groups is 1. The van der Waals surface area contributed by atoms with Crippen molar-refractivity contribution in [2.75, 3.05) is 24.6 Å². The lowest BCUT2D eigenvalue weighted by Gasteiger charge is -2.33. The van der Waals surface area contributed by atoms with Crippen molar-refractivity contribution in [3.8, 4) is 22.6 Å². The van der Waals surface area contributed by atoms with Gasteiger partial charge in [-0.3, -0.25) is 4.79 Å². The fraction of sp³-hybridized carbons (Fsp3) is 0.417. The highest BCUT2D eigenvalue weighted by Gasteiger charge is 2.32. The summed E-state index contributed by atoms with van der Waals surface area (Å²) in [5.41, 5.74) is 0.566. The smallest absolute Gasteiger partial charge is 0.422 e. The maximum atomic E-state index is 14.0. The highest BCUT2D eigenvalue weighted by molar-refractivity contribution is 6.20. The van der Waals surface area contributed by atoms with Gasteiger partial charge in [0.2, 0.25) is 0 Å². The average Bonchev–Trinajstić information content (AvgIpc) is 2.97. The van der Waals surface area contributed by atoms with Crippen LogP contribution in [0.2, 0.25) is 0 Å². The molecule has 3 aromatic rings. The van der Waals surface area contributed by atoms with E-state index < -0.39 is 23.2 Å². The first kappa shape index (κ1) is 33.4. The first-order valence-electron chi connectivity index (χ1n) is 15.4. The molecule has 3 amide bonds. The van der Waals surface area contributed by atoms with Crippen LogP contribution in [0.15, 0.2) is 72.8 Å². The summed E-state index contributed by atoms with van der Waals surface area (Å²) < 4.78 is 17.1. The van der Waals surface area contributed by atoms with Crippen molar-refractivity contribution in [3.05, 3.63) is 78.4 Å². The zero-order valence-electron chi connectivity index (χ0n) is 27.0. The van der Waals surface area contributed by atoms with Crippen LogP contribution in [0.1, 0.15) is 71.2 Å². The highest BCUT2D eigenvalue weighted by atomic mass is 16.6. The molecule has 9 nitrogen and oxygen atoms in total. The molecule has 1 N–H and O–H groups in total. The van der Waals surface area contributed by atoms with Crippen molar-refractivity contribution in [2.45, 2.75) is 72.0 Å². The van der Waals surface area contributed by atoms with Gasteiger partial charge in [-0.2, -0.15) is 0 Å². The standard InChI is InChI=1S/C36H44N2O7/c1-35(2,3)44-33(41)37-20-17-25(18-21-37)19-22-43-29-15-16-31(39)30(24-29)32(40)38(34(42)45-36(4,5)6)28-14-10-13-27(23-28)26-11-8-7-9-12-26/h7-16,23-25,39H,17-22H2,1-6H3. The van der Waals surface area contributed by atoms with Crippen LogP contribution in [-0.2, 0) is 9.47 Å². The number of imide groups is 1. The summed E-state index contributed by atoms with van der Waals surface area (Å²) in [6.45, 7) is 12.4. The number of amides is 3. The number of anilines is 1. The predicted molar refractivity (Wildman–Crippen MR) is 174 cm³/mol. The SMILES string of the molecule is CC(C)(C)OC(=O)N1CCC(CCOc2ccc(O)c(C(=O)N(C(=O)OC(C)(C)C)c3cccc(-c4ccccc4)c3)c2)CC1. The number of carbonyl (C=O) groups excluding carboxylic acids is 3. The highest BCUT2D eigenvalue weighted by Crippen LogP contribution is 2.31. The quantitative estimate of drug-likeness (QED) is 0.286. The van der Waals surface area contributed by atoms with Crippen LogP contribution in [0.4, 0.5) is 15.3 Å². The maximum absolute atomic E-state index is 14.0. The Hall–Kier alpha value is -4.53. The van der Waals surface area contributed by atoms with Crippen molar-refractivity contribution >= 4 is 23.8 Å². The summed E-state index contributed by atoms with van der Waals surface area (Å²) in [5.74, 6) is -0.257. The van der Waals surface area contributed by atoms with Gasteiger partial charge in [-0.25, -0.2) is 14.5 Å². The Bertz CT molecular complexity index is 1480. The summed E-state index contributed by atoms with van der Waals surface area (Å²) in [6.07, 6.45) is 1.30. The van der Waals surface area contributed by atoms with E-state index in [9.17, 15) is 19.5 Å². The molecule has 1 aliphatic rings. The predicted octanol–water partition coefficient (Wildman–Crippen LogP) is 8.06. The van der Waals surface area contributed by atoms with E-state index in [0.717, 1.165) is 35.3 Å². The number of nitrogens with zero attached hydrogens (tertiary/aromatic N) is 2. The van der Waals surface area contributed by atoms with Crippen LogP contribution in [0.25, 0.3) is 11.1 Å². The number of phenols is 1. The number of phenolic OH excluding ortho intramolecular Hbond substituents is 1. The van der Waals surface area contributed by atoms with E-state index in [1.807, 2.05) is 57.2 Å². The molecule has 4 rings (SSSR count). The molecule has 0 radical (unpaired) electrons. The minimum atomic E-state index is -0.860. The minimum absolute atomic E-state index is 0.0888. The number of benzene rings is 3. The van der Waals surface area contributed by atoms with Crippen molar-refractivity contribution < 1.29 is 33.7 Å². The number of piperidine rings is 1. The summed E-state index contributed by atoms with van der Waals surface area (Å²) in [5, 5.41) is 10.7. The van der Waals surface area contributed by atoms with Gasteiger partial charge in [0.1, 0.15) is 22.7 Å².